The van der Waals surface area contributed by atoms with Gasteiger partial charge in [0.2, 0.25) is 5.91 Å². The van der Waals surface area contributed by atoms with Gasteiger partial charge in [0.1, 0.15) is 17.3 Å². The summed E-state index contributed by atoms with van der Waals surface area (Å²) < 4.78 is 38.3. The van der Waals surface area contributed by atoms with Gasteiger partial charge in [0, 0.05) is 32.7 Å². The molecule has 0 atom stereocenters. The lowest BCUT2D eigenvalue weighted by atomic mass is 10.3. The van der Waals surface area contributed by atoms with E-state index in [2.05, 4.69) is 4.99 Å². The molecule has 1 aromatic heterocycles. The van der Waals surface area contributed by atoms with Crippen molar-refractivity contribution in [2.24, 2.45) is 4.99 Å². The standard InChI is InChI=1S/C22H30N4O7S2/c1-4-26-17-8-7-16(32-5-2)13-18(17)34-21(26)23-19(27)14-35(30,31)15-20(28)24-9-11-25(12-10-24)22(29)33-6-3/h7-8,13H,4-6,9-12,14-15H2,1-3H3. The summed E-state index contributed by atoms with van der Waals surface area (Å²) in [6, 6.07) is 5.57. The van der Waals surface area contributed by atoms with Crippen molar-refractivity contribution in [3.63, 3.8) is 0 Å². The first-order valence-electron chi connectivity index (χ1n) is 11.4. The highest BCUT2D eigenvalue weighted by Crippen LogP contribution is 2.23. The molecule has 0 aliphatic carbocycles. The maximum Gasteiger partial charge on any atom is 0.409 e. The lowest BCUT2D eigenvalue weighted by Crippen LogP contribution is -2.52. The molecule has 1 saturated heterocycles. The Morgan fingerprint density at radius 3 is 2.31 bits per heavy atom. The zero-order valence-electron chi connectivity index (χ0n) is 20.1. The Labute approximate surface area is 207 Å². The first-order valence-corrected chi connectivity index (χ1v) is 14.0. The molecular formula is C22H30N4O7S2. The highest BCUT2D eigenvalue weighted by atomic mass is 32.2. The van der Waals surface area contributed by atoms with Gasteiger partial charge in [0.15, 0.2) is 14.6 Å². The molecule has 1 aromatic carbocycles. The number of sulfone groups is 1. The Morgan fingerprint density at radius 1 is 1.00 bits per heavy atom. The second kappa shape index (κ2) is 11.7. The average Bonchev–Trinajstić information content (AvgIpc) is 3.14. The number of hydrogen-bond donors (Lipinski definition) is 0. The van der Waals surface area contributed by atoms with Crippen molar-refractivity contribution in [1.29, 1.82) is 0 Å². The summed E-state index contributed by atoms with van der Waals surface area (Å²) >= 11 is 1.27. The number of benzene rings is 1. The second-order valence-electron chi connectivity index (χ2n) is 7.80. The second-order valence-corrected chi connectivity index (χ2v) is 10.9. The quantitative estimate of drug-likeness (QED) is 0.507. The first-order chi connectivity index (χ1) is 16.7. The fraction of sp³-hybridized carbons (Fsp3) is 0.545. The van der Waals surface area contributed by atoms with E-state index >= 15 is 0 Å². The third-order valence-electron chi connectivity index (χ3n) is 5.35. The van der Waals surface area contributed by atoms with Crippen molar-refractivity contribution in [1.82, 2.24) is 14.4 Å². The Bertz CT molecular complexity index is 1260. The Balaban J connectivity index is 1.65. The predicted molar refractivity (Wildman–Crippen MR) is 131 cm³/mol. The number of carbonyl (C=O) groups excluding carboxylic acids is 3. The highest BCUT2D eigenvalue weighted by Gasteiger charge is 2.28. The fourth-order valence-corrected chi connectivity index (χ4v) is 5.95. The largest absolute Gasteiger partial charge is 0.494 e. The normalized spacial score (nSPS) is 14.9. The van der Waals surface area contributed by atoms with Crippen LogP contribution in [0.1, 0.15) is 20.8 Å². The number of thiazole rings is 1. The molecule has 2 aromatic rings. The molecule has 3 amide bonds. The minimum atomic E-state index is -4.02. The van der Waals surface area contributed by atoms with Gasteiger partial charge in [-0.3, -0.25) is 9.59 Å². The van der Waals surface area contributed by atoms with Crippen LogP contribution in [0.25, 0.3) is 10.2 Å². The molecule has 1 fully saturated rings. The van der Waals surface area contributed by atoms with Crippen LogP contribution in [0.15, 0.2) is 23.2 Å². The van der Waals surface area contributed by atoms with Gasteiger partial charge >= 0.3 is 6.09 Å². The monoisotopic (exact) mass is 526 g/mol. The minimum absolute atomic E-state index is 0.202. The van der Waals surface area contributed by atoms with Crippen molar-refractivity contribution in [3.05, 3.63) is 23.0 Å². The zero-order valence-corrected chi connectivity index (χ0v) is 21.7. The maximum atomic E-state index is 12.6. The summed E-state index contributed by atoms with van der Waals surface area (Å²) in [6.07, 6.45) is -0.459. The number of fused-ring (bicyclic) bond motifs is 1. The van der Waals surface area contributed by atoms with E-state index in [4.69, 9.17) is 9.47 Å². The summed E-state index contributed by atoms with van der Waals surface area (Å²) in [7, 11) is -4.02. The number of aryl methyl sites for hydroxylation is 1. The highest BCUT2D eigenvalue weighted by molar-refractivity contribution is 7.92. The van der Waals surface area contributed by atoms with Gasteiger partial charge in [-0.05, 0) is 39.0 Å². The van der Waals surface area contributed by atoms with Gasteiger partial charge in [0.25, 0.3) is 5.91 Å². The number of rotatable bonds is 8. The van der Waals surface area contributed by atoms with Gasteiger partial charge in [-0.1, -0.05) is 11.3 Å². The van der Waals surface area contributed by atoms with Crippen molar-refractivity contribution >= 4 is 49.3 Å². The van der Waals surface area contributed by atoms with Crippen LogP contribution in [0.2, 0.25) is 0 Å². The molecule has 35 heavy (non-hydrogen) atoms. The molecule has 0 spiro atoms. The number of carbonyl (C=O) groups is 3. The van der Waals surface area contributed by atoms with Crippen molar-refractivity contribution in [2.45, 2.75) is 27.3 Å². The van der Waals surface area contributed by atoms with Gasteiger partial charge < -0.3 is 23.8 Å². The van der Waals surface area contributed by atoms with E-state index in [9.17, 15) is 22.8 Å². The summed E-state index contributed by atoms with van der Waals surface area (Å²) in [6.45, 7) is 7.74. The SMILES string of the molecule is CCOC(=O)N1CCN(C(=O)CS(=O)(=O)CC(=O)N=c2sc3cc(OCC)ccc3n2CC)CC1. The Hall–Kier alpha value is -2.93. The average molecular weight is 527 g/mol. The van der Waals surface area contributed by atoms with E-state index in [1.165, 1.54) is 21.1 Å². The number of ether oxygens (including phenoxy) is 2. The number of nitrogens with zero attached hydrogens (tertiary/aromatic N) is 4. The van der Waals surface area contributed by atoms with E-state index in [1.807, 2.05) is 36.6 Å². The molecular weight excluding hydrogens is 496 g/mol. The van der Waals surface area contributed by atoms with E-state index in [1.54, 1.807) is 6.92 Å². The third kappa shape index (κ3) is 6.82. The summed E-state index contributed by atoms with van der Waals surface area (Å²) in [5, 5.41) is 0. The lowest BCUT2D eigenvalue weighted by Gasteiger charge is -2.34. The van der Waals surface area contributed by atoms with Crippen LogP contribution < -0.4 is 9.54 Å². The summed E-state index contributed by atoms with van der Waals surface area (Å²) in [5.41, 5.74) is 0.868. The molecule has 192 valence electrons. The molecule has 2 heterocycles. The Morgan fingerprint density at radius 2 is 1.69 bits per heavy atom. The molecule has 0 radical (unpaired) electrons. The van der Waals surface area contributed by atoms with E-state index in [0.717, 1.165) is 10.2 Å². The Kier molecular flexibility index (Phi) is 8.89. The van der Waals surface area contributed by atoms with Crippen LogP contribution in [0, 0.1) is 0 Å². The van der Waals surface area contributed by atoms with E-state index in [-0.39, 0.29) is 32.8 Å². The van der Waals surface area contributed by atoms with Crippen LogP contribution in [0.5, 0.6) is 5.75 Å². The van der Waals surface area contributed by atoms with Crippen molar-refractivity contribution in [3.8, 4) is 5.75 Å². The van der Waals surface area contributed by atoms with Gasteiger partial charge in [0.05, 0.1) is 23.4 Å². The predicted octanol–water partition coefficient (Wildman–Crippen LogP) is 1.26. The van der Waals surface area contributed by atoms with Crippen LogP contribution in [0.3, 0.4) is 0 Å². The first kappa shape index (κ1) is 26.7. The number of hydrogen-bond acceptors (Lipinski definition) is 8. The summed E-state index contributed by atoms with van der Waals surface area (Å²) in [5.74, 6) is -2.37. The van der Waals surface area contributed by atoms with E-state index in [0.29, 0.717) is 23.7 Å². The van der Waals surface area contributed by atoms with Crippen LogP contribution >= 0.6 is 11.3 Å². The molecule has 13 heteroatoms. The van der Waals surface area contributed by atoms with Crippen molar-refractivity contribution in [2.75, 3.05) is 50.9 Å². The molecule has 1 aliphatic heterocycles. The minimum Gasteiger partial charge on any atom is -0.494 e. The molecule has 1 aliphatic rings. The molecule has 0 saturated carbocycles. The zero-order chi connectivity index (χ0) is 25.6. The number of amides is 3. The van der Waals surface area contributed by atoms with Crippen LogP contribution in [-0.4, -0.2) is 91.6 Å². The number of piperazine rings is 1. The fourth-order valence-electron chi connectivity index (χ4n) is 3.71. The molecule has 0 unspecified atom stereocenters. The summed E-state index contributed by atoms with van der Waals surface area (Å²) in [4.78, 5) is 44.1. The number of aromatic nitrogens is 1. The maximum absolute atomic E-state index is 12.6. The molecule has 0 N–H and O–H groups in total. The van der Waals surface area contributed by atoms with Crippen molar-refractivity contribution < 1.29 is 32.3 Å². The lowest BCUT2D eigenvalue weighted by molar-refractivity contribution is -0.130. The topological polar surface area (TPSA) is 128 Å². The van der Waals surface area contributed by atoms with Gasteiger partial charge in [-0.15, -0.1) is 0 Å². The molecule has 0 bridgehead atoms. The van der Waals surface area contributed by atoms with Crippen LogP contribution in [-0.2, 0) is 30.7 Å². The smallest absolute Gasteiger partial charge is 0.409 e. The molecule has 11 nitrogen and oxygen atoms in total. The van der Waals surface area contributed by atoms with Gasteiger partial charge in [-0.25, -0.2) is 13.2 Å². The molecule has 3 rings (SSSR count). The van der Waals surface area contributed by atoms with E-state index < -0.39 is 39.3 Å². The van der Waals surface area contributed by atoms with Gasteiger partial charge in [-0.2, -0.15) is 4.99 Å². The van der Waals surface area contributed by atoms with Crippen LogP contribution in [0.4, 0.5) is 4.79 Å². The third-order valence-corrected chi connectivity index (χ3v) is 7.76.